The molecule has 0 saturated carbocycles. The molecule has 3 aromatic rings. The van der Waals surface area contributed by atoms with Crippen LogP contribution in [-0.4, -0.2) is 20.7 Å². The quantitative estimate of drug-likeness (QED) is 0.460. The molecule has 0 aliphatic rings. The van der Waals surface area contributed by atoms with Crippen LogP contribution in [0, 0.1) is 13.8 Å². The molecular weight excluding hydrogens is 392 g/mol. The van der Waals surface area contributed by atoms with Gasteiger partial charge in [0.2, 0.25) is 5.91 Å². The second-order valence-corrected chi connectivity index (χ2v) is 8.56. The molecule has 158 valence electrons. The Morgan fingerprint density at radius 1 is 1.10 bits per heavy atom. The Hall–Kier alpha value is -2.60. The minimum absolute atomic E-state index is 0.0527. The molecule has 0 spiro atoms. The van der Waals surface area contributed by atoms with Gasteiger partial charge in [-0.3, -0.25) is 9.36 Å². The highest BCUT2D eigenvalue weighted by Gasteiger charge is 2.21. The third-order valence-electron chi connectivity index (χ3n) is 5.09. The van der Waals surface area contributed by atoms with E-state index in [-0.39, 0.29) is 11.9 Å². The number of benzene rings is 2. The van der Waals surface area contributed by atoms with E-state index in [1.54, 1.807) is 11.8 Å². The average molecular weight is 423 g/mol. The summed E-state index contributed by atoms with van der Waals surface area (Å²) in [5.74, 6) is 1.61. The lowest BCUT2D eigenvalue weighted by molar-refractivity contribution is -0.121. The number of unbranched alkanes of at least 4 members (excludes halogenated alkanes) is 1. The minimum atomic E-state index is -0.226. The third-order valence-corrected chi connectivity index (χ3v) is 6.07. The minimum Gasteiger partial charge on any atom is -0.346 e. The van der Waals surface area contributed by atoms with Gasteiger partial charge in [0.05, 0.1) is 6.04 Å². The van der Waals surface area contributed by atoms with Crippen molar-refractivity contribution in [2.75, 3.05) is 0 Å². The number of carbonyl (C=O) groups excluding carboxylic acids is 1. The summed E-state index contributed by atoms with van der Waals surface area (Å²) in [6.07, 6.45) is 2.43. The molecule has 0 aliphatic carbocycles. The summed E-state index contributed by atoms with van der Waals surface area (Å²) in [7, 11) is 0. The number of amides is 1. The molecule has 0 unspecified atom stereocenters. The van der Waals surface area contributed by atoms with Gasteiger partial charge in [-0.1, -0.05) is 67.1 Å². The first kappa shape index (κ1) is 22.1. The van der Waals surface area contributed by atoms with Crippen molar-refractivity contribution in [3.63, 3.8) is 0 Å². The van der Waals surface area contributed by atoms with Crippen LogP contribution < -0.4 is 5.32 Å². The number of hydrogen-bond acceptors (Lipinski definition) is 4. The fourth-order valence-corrected chi connectivity index (χ4v) is 4.26. The highest BCUT2D eigenvalue weighted by Crippen LogP contribution is 2.28. The van der Waals surface area contributed by atoms with Gasteiger partial charge in [0.1, 0.15) is 0 Å². The Morgan fingerprint density at radius 3 is 2.53 bits per heavy atom. The normalized spacial score (nSPS) is 12.0. The molecule has 1 amide bonds. The van der Waals surface area contributed by atoms with E-state index in [1.807, 2.05) is 6.92 Å². The summed E-state index contributed by atoms with van der Waals surface area (Å²) >= 11 is 1.66. The van der Waals surface area contributed by atoms with Crippen LogP contribution in [0.5, 0.6) is 0 Å². The number of thioether (sulfide) groups is 1. The van der Waals surface area contributed by atoms with Gasteiger partial charge < -0.3 is 5.32 Å². The van der Waals surface area contributed by atoms with E-state index in [4.69, 9.17) is 0 Å². The molecule has 1 atom stereocenters. The molecule has 30 heavy (non-hydrogen) atoms. The Bertz CT molecular complexity index is 981. The molecular formula is C24H30N4OS. The summed E-state index contributed by atoms with van der Waals surface area (Å²) in [4.78, 5) is 12.3. The number of carbonyl (C=O) groups is 1. The maximum atomic E-state index is 12.3. The van der Waals surface area contributed by atoms with E-state index in [1.165, 1.54) is 16.7 Å². The van der Waals surface area contributed by atoms with Crippen LogP contribution >= 0.6 is 11.8 Å². The van der Waals surface area contributed by atoms with E-state index < -0.39 is 0 Å². The predicted octanol–water partition coefficient (Wildman–Crippen LogP) is 5.54. The summed E-state index contributed by atoms with van der Waals surface area (Å²) in [5.41, 5.74) is 4.75. The van der Waals surface area contributed by atoms with Crippen LogP contribution in [0.4, 0.5) is 0 Å². The van der Waals surface area contributed by atoms with Crippen molar-refractivity contribution in [3.8, 4) is 5.69 Å². The zero-order valence-electron chi connectivity index (χ0n) is 18.2. The van der Waals surface area contributed by atoms with Gasteiger partial charge in [-0.15, -0.1) is 10.2 Å². The zero-order chi connectivity index (χ0) is 21.5. The van der Waals surface area contributed by atoms with Gasteiger partial charge in [0.25, 0.3) is 0 Å². The molecule has 0 radical (unpaired) electrons. The van der Waals surface area contributed by atoms with Crippen LogP contribution in [0.25, 0.3) is 5.69 Å². The van der Waals surface area contributed by atoms with Crippen LogP contribution in [0.1, 0.15) is 61.7 Å². The summed E-state index contributed by atoms with van der Waals surface area (Å²) < 4.78 is 2.06. The van der Waals surface area contributed by atoms with E-state index in [9.17, 15) is 4.79 Å². The van der Waals surface area contributed by atoms with E-state index >= 15 is 0 Å². The maximum absolute atomic E-state index is 12.3. The van der Waals surface area contributed by atoms with Crippen molar-refractivity contribution < 1.29 is 4.79 Å². The van der Waals surface area contributed by atoms with Crippen molar-refractivity contribution >= 4 is 17.7 Å². The molecule has 3 rings (SSSR count). The Labute approximate surface area is 183 Å². The van der Waals surface area contributed by atoms with Crippen molar-refractivity contribution in [1.29, 1.82) is 0 Å². The monoisotopic (exact) mass is 422 g/mol. The topological polar surface area (TPSA) is 59.8 Å². The van der Waals surface area contributed by atoms with E-state index in [0.29, 0.717) is 6.42 Å². The first-order valence-corrected chi connectivity index (χ1v) is 11.5. The zero-order valence-corrected chi connectivity index (χ0v) is 19.0. The van der Waals surface area contributed by atoms with Crippen LogP contribution in [0.2, 0.25) is 0 Å². The first-order chi connectivity index (χ1) is 14.5. The van der Waals surface area contributed by atoms with Crippen LogP contribution in [0.15, 0.2) is 53.7 Å². The van der Waals surface area contributed by atoms with Gasteiger partial charge in [-0.25, -0.2) is 0 Å². The lowest BCUT2D eigenvalue weighted by Gasteiger charge is -2.16. The lowest BCUT2D eigenvalue weighted by Crippen LogP contribution is -2.28. The molecule has 6 heteroatoms. The SMILES string of the molecule is CCCCC(=O)N[C@@H](C)c1nnc(SCc2ccccc2C)n1-c1ccc(C)cc1. The fraction of sp³-hybridized carbons (Fsp3) is 0.375. The van der Waals surface area contributed by atoms with Gasteiger partial charge in [-0.05, 0) is 50.5 Å². The Kier molecular flexibility index (Phi) is 7.69. The summed E-state index contributed by atoms with van der Waals surface area (Å²) in [5, 5.41) is 12.8. The smallest absolute Gasteiger partial charge is 0.220 e. The number of nitrogens with one attached hydrogen (secondary N) is 1. The molecule has 1 N–H and O–H groups in total. The van der Waals surface area contributed by atoms with E-state index in [2.05, 4.69) is 89.4 Å². The molecule has 2 aromatic carbocycles. The van der Waals surface area contributed by atoms with Crippen molar-refractivity contribution in [1.82, 2.24) is 20.1 Å². The second-order valence-electron chi connectivity index (χ2n) is 7.62. The number of hydrogen-bond donors (Lipinski definition) is 1. The largest absolute Gasteiger partial charge is 0.346 e. The Morgan fingerprint density at radius 2 is 1.83 bits per heavy atom. The molecule has 1 heterocycles. The molecule has 1 aromatic heterocycles. The standard InChI is InChI=1S/C24H30N4OS/c1-5-6-11-22(29)25-19(4)23-26-27-24(28(23)21-14-12-17(2)13-15-21)30-16-20-10-8-7-9-18(20)3/h7-10,12-15,19H,5-6,11,16H2,1-4H3,(H,25,29)/t19-/m0/s1. The lowest BCUT2D eigenvalue weighted by atomic mass is 10.1. The molecule has 0 bridgehead atoms. The summed E-state index contributed by atoms with van der Waals surface area (Å²) in [6.45, 7) is 8.25. The number of aryl methyl sites for hydroxylation is 2. The molecule has 0 aliphatic heterocycles. The average Bonchev–Trinajstić information content (AvgIpc) is 3.16. The summed E-state index contributed by atoms with van der Waals surface area (Å²) in [6, 6.07) is 16.5. The van der Waals surface area contributed by atoms with Gasteiger partial charge in [0, 0.05) is 17.9 Å². The maximum Gasteiger partial charge on any atom is 0.220 e. The van der Waals surface area contributed by atoms with E-state index in [0.717, 1.165) is 35.3 Å². The van der Waals surface area contributed by atoms with Gasteiger partial charge >= 0.3 is 0 Å². The van der Waals surface area contributed by atoms with Crippen molar-refractivity contribution in [2.24, 2.45) is 0 Å². The second kappa shape index (κ2) is 10.4. The highest BCUT2D eigenvalue weighted by molar-refractivity contribution is 7.98. The third kappa shape index (κ3) is 5.51. The number of nitrogens with zero attached hydrogens (tertiary/aromatic N) is 3. The molecule has 5 nitrogen and oxygen atoms in total. The number of aromatic nitrogens is 3. The van der Waals surface area contributed by atoms with Gasteiger partial charge in [-0.2, -0.15) is 0 Å². The molecule has 0 saturated heterocycles. The number of rotatable bonds is 9. The van der Waals surface area contributed by atoms with Crippen LogP contribution in [0.3, 0.4) is 0 Å². The first-order valence-electron chi connectivity index (χ1n) is 10.5. The Balaban J connectivity index is 1.88. The predicted molar refractivity (Wildman–Crippen MR) is 123 cm³/mol. The van der Waals surface area contributed by atoms with Crippen LogP contribution in [-0.2, 0) is 10.5 Å². The van der Waals surface area contributed by atoms with Gasteiger partial charge in [0.15, 0.2) is 11.0 Å². The molecule has 0 fully saturated rings. The fourth-order valence-electron chi connectivity index (χ4n) is 3.22. The highest BCUT2D eigenvalue weighted by atomic mass is 32.2. The van der Waals surface area contributed by atoms with Crippen molar-refractivity contribution in [3.05, 3.63) is 71.0 Å². The van der Waals surface area contributed by atoms with Crippen molar-refractivity contribution in [2.45, 2.75) is 63.9 Å².